The smallest absolute Gasteiger partial charge is 0.220 e. The molecule has 2 rings (SSSR count). The Hall–Kier alpha value is -1.04. The molecule has 7 heteroatoms. The highest BCUT2D eigenvalue weighted by Crippen LogP contribution is 2.18. The predicted octanol–water partition coefficient (Wildman–Crippen LogP) is 3.44. The van der Waals surface area contributed by atoms with Gasteiger partial charge in [0.15, 0.2) is 0 Å². The van der Waals surface area contributed by atoms with Crippen LogP contribution in [-0.2, 0) is 11.3 Å². The van der Waals surface area contributed by atoms with E-state index in [-0.39, 0.29) is 30.7 Å². The largest absolute Gasteiger partial charge is 0.357 e. The second-order valence-electron chi connectivity index (χ2n) is 6.30. The van der Waals surface area contributed by atoms with Crippen LogP contribution in [0.15, 0.2) is 18.3 Å². The van der Waals surface area contributed by atoms with Crippen molar-refractivity contribution in [1.29, 1.82) is 0 Å². The van der Waals surface area contributed by atoms with E-state index in [9.17, 15) is 4.79 Å². The van der Waals surface area contributed by atoms with Crippen molar-refractivity contribution in [2.45, 2.75) is 57.9 Å². The summed E-state index contributed by atoms with van der Waals surface area (Å²) >= 11 is 0. The second kappa shape index (κ2) is 14.2. The Morgan fingerprint density at radius 1 is 1.12 bits per heavy atom. The third-order valence-corrected chi connectivity index (χ3v) is 4.34. The van der Waals surface area contributed by atoms with Gasteiger partial charge >= 0.3 is 0 Å². The molecular formula is C18H32Cl2N4O. The Morgan fingerprint density at radius 2 is 1.84 bits per heavy atom. The molecule has 3 N–H and O–H groups in total. The maximum absolute atomic E-state index is 11.9. The minimum absolute atomic E-state index is 0. The highest BCUT2D eigenvalue weighted by Gasteiger charge is 2.12. The summed E-state index contributed by atoms with van der Waals surface area (Å²) in [7, 11) is 0. The molecule has 1 aliphatic rings. The Labute approximate surface area is 164 Å². The van der Waals surface area contributed by atoms with Crippen LogP contribution >= 0.6 is 24.8 Å². The van der Waals surface area contributed by atoms with Crippen molar-refractivity contribution in [3.8, 4) is 0 Å². The first-order chi connectivity index (χ1) is 11.3. The molecule has 0 saturated carbocycles. The number of nitrogens with zero attached hydrogens (tertiary/aromatic N) is 2. The molecule has 5 nitrogen and oxygen atoms in total. The lowest BCUT2D eigenvalue weighted by Gasteiger charge is -2.27. The Morgan fingerprint density at radius 3 is 2.56 bits per heavy atom. The monoisotopic (exact) mass is 390 g/mol. The minimum atomic E-state index is 0. The number of nitrogens with one attached hydrogen (secondary N) is 1. The van der Waals surface area contributed by atoms with Crippen LogP contribution in [0.25, 0.3) is 0 Å². The normalized spacial score (nSPS) is 13.6. The zero-order valence-electron chi connectivity index (χ0n) is 14.9. The average Bonchev–Trinajstić information content (AvgIpc) is 2.61. The summed E-state index contributed by atoms with van der Waals surface area (Å²) in [6, 6.07) is 4.09. The van der Waals surface area contributed by atoms with E-state index < -0.39 is 0 Å². The predicted molar refractivity (Wildman–Crippen MR) is 109 cm³/mol. The van der Waals surface area contributed by atoms with Gasteiger partial charge in [0, 0.05) is 32.3 Å². The summed E-state index contributed by atoms with van der Waals surface area (Å²) in [5.41, 5.74) is 6.58. The Kier molecular flexibility index (Phi) is 13.6. The van der Waals surface area contributed by atoms with Crippen LogP contribution in [-0.4, -0.2) is 30.5 Å². The molecule has 1 fully saturated rings. The fourth-order valence-electron chi connectivity index (χ4n) is 2.94. The lowest BCUT2D eigenvalue weighted by Crippen LogP contribution is -2.30. The molecule has 0 aliphatic carbocycles. The van der Waals surface area contributed by atoms with Crippen molar-refractivity contribution in [2.75, 3.05) is 24.5 Å². The third kappa shape index (κ3) is 9.28. The van der Waals surface area contributed by atoms with Gasteiger partial charge in [0.2, 0.25) is 5.91 Å². The second-order valence-corrected chi connectivity index (χ2v) is 6.30. The van der Waals surface area contributed by atoms with Crippen molar-refractivity contribution in [2.24, 2.45) is 5.73 Å². The molecule has 1 amide bonds. The Balaban J connectivity index is 0.00000288. The Bertz CT molecular complexity index is 482. The van der Waals surface area contributed by atoms with E-state index in [4.69, 9.17) is 5.73 Å². The van der Waals surface area contributed by atoms with Crippen molar-refractivity contribution in [3.05, 3.63) is 23.9 Å². The molecule has 0 unspecified atom stereocenters. The number of rotatable bonds is 9. The van der Waals surface area contributed by atoms with Gasteiger partial charge in [0.1, 0.15) is 5.82 Å². The molecule has 1 saturated heterocycles. The number of carbonyl (C=O) groups is 1. The van der Waals surface area contributed by atoms with Gasteiger partial charge in [-0.2, -0.15) is 0 Å². The number of piperidine rings is 1. The van der Waals surface area contributed by atoms with Gasteiger partial charge in [0.25, 0.3) is 0 Å². The molecule has 0 atom stereocenters. The van der Waals surface area contributed by atoms with Gasteiger partial charge in [-0.15, -0.1) is 24.8 Å². The van der Waals surface area contributed by atoms with E-state index in [1.807, 2.05) is 12.3 Å². The first kappa shape index (κ1) is 24.0. The molecule has 1 aromatic heterocycles. The van der Waals surface area contributed by atoms with Gasteiger partial charge in [-0.3, -0.25) is 4.79 Å². The van der Waals surface area contributed by atoms with Gasteiger partial charge in [0.05, 0.1) is 0 Å². The van der Waals surface area contributed by atoms with Crippen molar-refractivity contribution < 1.29 is 4.79 Å². The highest BCUT2D eigenvalue weighted by atomic mass is 35.5. The van der Waals surface area contributed by atoms with Crippen LogP contribution in [0.3, 0.4) is 0 Å². The topological polar surface area (TPSA) is 71.2 Å². The molecule has 0 bridgehead atoms. The van der Waals surface area contributed by atoms with E-state index in [1.165, 1.54) is 19.3 Å². The first-order valence-corrected chi connectivity index (χ1v) is 8.96. The summed E-state index contributed by atoms with van der Waals surface area (Å²) in [6.07, 6.45) is 10.5. The van der Waals surface area contributed by atoms with Crippen molar-refractivity contribution >= 4 is 36.5 Å². The first-order valence-electron chi connectivity index (χ1n) is 8.96. The molecule has 1 aromatic rings. The molecule has 144 valence electrons. The minimum Gasteiger partial charge on any atom is -0.357 e. The molecule has 0 radical (unpaired) electrons. The summed E-state index contributed by atoms with van der Waals surface area (Å²) in [4.78, 5) is 18.7. The number of pyridine rings is 1. The van der Waals surface area contributed by atoms with E-state index in [0.29, 0.717) is 13.0 Å². The van der Waals surface area contributed by atoms with Gasteiger partial charge < -0.3 is 16.0 Å². The molecular weight excluding hydrogens is 359 g/mol. The number of anilines is 1. The maximum atomic E-state index is 11.9. The van der Waals surface area contributed by atoms with Crippen molar-refractivity contribution in [1.82, 2.24) is 10.3 Å². The lowest BCUT2D eigenvalue weighted by atomic mass is 10.1. The maximum Gasteiger partial charge on any atom is 0.220 e. The van der Waals surface area contributed by atoms with Crippen LogP contribution in [0.1, 0.15) is 56.9 Å². The average molecular weight is 391 g/mol. The zero-order valence-corrected chi connectivity index (χ0v) is 16.5. The van der Waals surface area contributed by atoms with Crippen LogP contribution in [0, 0.1) is 0 Å². The van der Waals surface area contributed by atoms with Gasteiger partial charge in [-0.05, 0) is 56.3 Å². The molecule has 0 aromatic carbocycles. The van der Waals surface area contributed by atoms with Crippen LogP contribution in [0.2, 0.25) is 0 Å². The number of hydrogen-bond acceptors (Lipinski definition) is 4. The molecule has 25 heavy (non-hydrogen) atoms. The standard InChI is InChI=1S/C18H30N4O.2ClH/c19-10-5-2-1-4-8-18(23)21-15-16-9-11-20-17(14-16)22-12-6-3-7-13-22;;/h9,11,14H,1-8,10,12-13,15,19H2,(H,21,23);2*1H. The summed E-state index contributed by atoms with van der Waals surface area (Å²) in [5, 5.41) is 3.01. The van der Waals surface area contributed by atoms with E-state index in [0.717, 1.165) is 56.7 Å². The van der Waals surface area contributed by atoms with E-state index in [1.54, 1.807) is 0 Å². The number of carbonyl (C=O) groups excluding carboxylic acids is 1. The van der Waals surface area contributed by atoms with Crippen molar-refractivity contribution in [3.63, 3.8) is 0 Å². The van der Waals surface area contributed by atoms with Crippen LogP contribution in [0.4, 0.5) is 5.82 Å². The lowest BCUT2D eigenvalue weighted by molar-refractivity contribution is -0.121. The van der Waals surface area contributed by atoms with Gasteiger partial charge in [-0.1, -0.05) is 12.8 Å². The summed E-state index contributed by atoms with van der Waals surface area (Å²) < 4.78 is 0. The van der Waals surface area contributed by atoms with Crippen LogP contribution < -0.4 is 16.0 Å². The quantitative estimate of drug-likeness (QED) is 0.633. The fraction of sp³-hybridized carbons (Fsp3) is 0.667. The molecule has 0 spiro atoms. The third-order valence-electron chi connectivity index (χ3n) is 4.34. The SMILES string of the molecule is Cl.Cl.NCCCCCCC(=O)NCc1ccnc(N2CCCCC2)c1. The number of halogens is 2. The van der Waals surface area contributed by atoms with E-state index >= 15 is 0 Å². The number of unbranched alkanes of at least 4 members (excludes halogenated alkanes) is 3. The molecule has 2 heterocycles. The van der Waals surface area contributed by atoms with Gasteiger partial charge in [-0.25, -0.2) is 4.98 Å². The molecule has 1 aliphatic heterocycles. The number of nitrogens with two attached hydrogens (primary N) is 1. The fourth-order valence-corrected chi connectivity index (χ4v) is 2.94. The number of aromatic nitrogens is 1. The number of amides is 1. The van der Waals surface area contributed by atoms with E-state index in [2.05, 4.69) is 21.3 Å². The summed E-state index contributed by atoms with van der Waals surface area (Å²) in [5.74, 6) is 1.17. The summed E-state index contributed by atoms with van der Waals surface area (Å²) in [6.45, 7) is 3.51. The number of hydrogen-bond donors (Lipinski definition) is 2. The highest BCUT2D eigenvalue weighted by molar-refractivity contribution is 5.85. The van der Waals surface area contributed by atoms with Crippen LogP contribution in [0.5, 0.6) is 0 Å². The zero-order chi connectivity index (χ0) is 16.3.